The Labute approximate surface area is 135 Å². The average molecular weight is 363 g/mol. The van der Waals surface area contributed by atoms with Crippen molar-refractivity contribution in [2.45, 2.75) is 6.42 Å². The highest BCUT2D eigenvalue weighted by Gasteiger charge is 2.28. The van der Waals surface area contributed by atoms with Gasteiger partial charge in [0.05, 0.1) is 0 Å². The van der Waals surface area contributed by atoms with E-state index in [0.29, 0.717) is 0 Å². The first kappa shape index (κ1) is 17.3. The Kier molecular flexibility index (Phi) is 6.79. The minimum atomic E-state index is 0. The molecule has 0 spiro atoms. The molecule has 0 saturated carbocycles. The smallest absolute Gasteiger partial charge is 0.323 e. The third-order valence-corrected chi connectivity index (χ3v) is 3.74. The van der Waals surface area contributed by atoms with Crippen LogP contribution in [0.3, 0.4) is 0 Å². The summed E-state index contributed by atoms with van der Waals surface area (Å²) in [4.78, 5) is 18.2. The van der Waals surface area contributed by atoms with Crippen molar-refractivity contribution in [1.82, 2.24) is 9.80 Å². The number of rotatable bonds is 5. The molecule has 1 aliphatic heterocycles. The number of hydrogen-bond acceptors (Lipinski definition) is 2. The number of nitrogens with zero attached hydrogens (tertiary/aromatic N) is 3. The van der Waals surface area contributed by atoms with Gasteiger partial charge >= 0.3 is 6.03 Å². The maximum absolute atomic E-state index is 12.3. The number of benzene rings is 1. The minimum Gasteiger partial charge on any atom is -0.323 e. The Morgan fingerprint density at radius 1 is 1.30 bits per heavy atom. The van der Waals surface area contributed by atoms with Crippen molar-refractivity contribution in [1.29, 1.82) is 0 Å². The molecular weight excluding hydrogens is 342 g/mol. The Bertz CT molecular complexity index is 456. The lowest BCUT2D eigenvalue weighted by Gasteiger charge is -2.19. The molecule has 2 amide bonds. The van der Waals surface area contributed by atoms with Crippen LogP contribution in [0, 0.1) is 0 Å². The third-order valence-electron chi connectivity index (χ3n) is 3.25. The molecule has 0 bridgehead atoms. The SMILES string of the molecule is CN(C)CCCN1CCN(c2cccc(Br)c2)C1=O.Cl. The van der Waals surface area contributed by atoms with E-state index in [2.05, 4.69) is 34.9 Å². The van der Waals surface area contributed by atoms with E-state index in [4.69, 9.17) is 0 Å². The number of carbonyl (C=O) groups excluding carboxylic acids is 1. The topological polar surface area (TPSA) is 26.8 Å². The highest BCUT2D eigenvalue weighted by Crippen LogP contribution is 2.23. The standard InChI is InChI=1S/C14H20BrN3O.ClH/c1-16(2)7-4-8-17-9-10-18(14(17)19)13-6-3-5-12(15)11-13;/h3,5-6,11H,4,7-10H2,1-2H3;1H. The summed E-state index contributed by atoms with van der Waals surface area (Å²) in [5.74, 6) is 0. The average Bonchev–Trinajstić information content (AvgIpc) is 2.71. The quantitative estimate of drug-likeness (QED) is 0.805. The molecule has 4 nitrogen and oxygen atoms in total. The normalized spacial score (nSPS) is 14.9. The summed E-state index contributed by atoms with van der Waals surface area (Å²) in [6, 6.07) is 8.02. The van der Waals surface area contributed by atoms with Gasteiger partial charge in [0.1, 0.15) is 0 Å². The van der Waals surface area contributed by atoms with Crippen LogP contribution in [0.1, 0.15) is 6.42 Å². The van der Waals surface area contributed by atoms with Gasteiger partial charge in [-0.25, -0.2) is 4.79 Å². The first-order valence-corrected chi connectivity index (χ1v) is 7.34. The second-order valence-electron chi connectivity index (χ2n) is 5.06. The number of carbonyl (C=O) groups is 1. The Hall–Kier alpha value is -0.780. The molecule has 1 aromatic rings. The molecule has 1 aromatic carbocycles. The van der Waals surface area contributed by atoms with Crippen molar-refractivity contribution in [2.75, 3.05) is 45.2 Å². The zero-order valence-electron chi connectivity index (χ0n) is 11.9. The van der Waals surface area contributed by atoms with Gasteiger partial charge in [-0.1, -0.05) is 22.0 Å². The molecule has 1 saturated heterocycles. The molecule has 2 rings (SSSR count). The van der Waals surface area contributed by atoms with E-state index in [1.807, 2.05) is 34.1 Å². The second kappa shape index (κ2) is 7.86. The fourth-order valence-electron chi connectivity index (χ4n) is 2.25. The van der Waals surface area contributed by atoms with Crippen molar-refractivity contribution < 1.29 is 4.79 Å². The Morgan fingerprint density at radius 2 is 2.05 bits per heavy atom. The maximum Gasteiger partial charge on any atom is 0.324 e. The van der Waals surface area contributed by atoms with Crippen LogP contribution in [-0.2, 0) is 0 Å². The maximum atomic E-state index is 12.3. The summed E-state index contributed by atoms with van der Waals surface area (Å²) in [7, 11) is 4.11. The van der Waals surface area contributed by atoms with Gasteiger partial charge in [-0.2, -0.15) is 0 Å². The summed E-state index contributed by atoms with van der Waals surface area (Å²) in [6.45, 7) is 3.44. The van der Waals surface area contributed by atoms with Gasteiger partial charge in [-0.05, 0) is 45.3 Å². The van der Waals surface area contributed by atoms with E-state index in [-0.39, 0.29) is 18.4 Å². The molecule has 0 N–H and O–H groups in total. The molecule has 1 heterocycles. The van der Waals surface area contributed by atoms with E-state index in [1.54, 1.807) is 0 Å². The molecule has 1 fully saturated rings. The summed E-state index contributed by atoms with van der Waals surface area (Å²) in [5.41, 5.74) is 0.967. The largest absolute Gasteiger partial charge is 0.324 e. The molecule has 20 heavy (non-hydrogen) atoms. The number of halogens is 2. The summed E-state index contributed by atoms with van der Waals surface area (Å²) >= 11 is 3.45. The summed E-state index contributed by atoms with van der Waals surface area (Å²) < 4.78 is 1.00. The van der Waals surface area contributed by atoms with Crippen LogP contribution in [0.15, 0.2) is 28.7 Å². The van der Waals surface area contributed by atoms with E-state index < -0.39 is 0 Å². The zero-order chi connectivity index (χ0) is 13.8. The first-order valence-electron chi connectivity index (χ1n) is 6.54. The van der Waals surface area contributed by atoms with Crippen molar-refractivity contribution in [2.24, 2.45) is 0 Å². The first-order chi connectivity index (χ1) is 9.08. The van der Waals surface area contributed by atoms with Crippen molar-refractivity contribution in [3.63, 3.8) is 0 Å². The predicted molar refractivity (Wildman–Crippen MR) is 88.9 cm³/mol. The van der Waals surface area contributed by atoms with Gasteiger partial charge in [0.2, 0.25) is 0 Å². The molecule has 0 radical (unpaired) electrons. The molecular formula is C14H21BrClN3O. The van der Waals surface area contributed by atoms with Crippen molar-refractivity contribution in [3.8, 4) is 0 Å². The fourth-order valence-corrected chi connectivity index (χ4v) is 2.64. The molecule has 6 heteroatoms. The lowest BCUT2D eigenvalue weighted by Crippen LogP contribution is -2.33. The monoisotopic (exact) mass is 361 g/mol. The number of urea groups is 1. The van der Waals surface area contributed by atoms with Crippen molar-refractivity contribution >= 4 is 40.1 Å². The van der Waals surface area contributed by atoms with Gasteiger partial charge in [-0.15, -0.1) is 12.4 Å². The van der Waals surface area contributed by atoms with Gasteiger partial charge < -0.3 is 9.80 Å². The van der Waals surface area contributed by atoms with Gasteiger partial charge in [0.15, 0.2) is 0 Å². The van der Waals surface area contributed by atoms with Crippen LogP contribution in [0.25, 0.3) is 0 Å². The van der Waals surface area contributed by atoms with Crippen molar-refractivity contribution in [3.05, 3.63) is 28.7 Å². The summed E-state index contributed by atoms with van der Waals surface area (Å²) in [5, 5.41) is 0. The van der Waals surface area contributed by atoms with E-state index in [9.17, 15) is 4.79 Å². The van der Waals surface area contributed by atoms with Gasteiger partial charge in [0.25, 0.3) is 0 Å². The van der Waals surface area contributed by atoms with E-state index >= 15 is 0 Å². The Morgan fingerprint density at radius 3 is 2.70 bits per heavy atom. The highest BCUT2D eigenvalue weighted by atomic mass is 79.9. The fraction of sp³-hybridized carbons (Fsp3) is 0.500. The summed E-state index contributed by atoms with van der Waals surface area (Å²) in [6.07, 6.45) is 1.02. The number of hydrogen-bond donors (Lipinski definition) is 0. The lowest BCUT2D eigenvalue weighted by molar-refractivity contribution is 0.218. The second-order valence-corrected chi connectivity index (χ2v) is 5.97. The van der Waals surface area contributed by atoms with Crippen LogP contribution < -0.4 is 4.90 Å². The predicted octanol–water partition coefficient (Wildman–Crippen LogP) is 3.06. The van der Waals surface area contributed by atoms with Crippen LogP contribution >= 0.6 is 28.3 Å². The molecule has 0 aliphatic carbocycles. The molecule has 112 valence electrons. The molecule has 1 aliphatic rings. The van der Waals surface area contributed by atoms with Crippen LogP contribution in [0.5, 0.6) is 0 Å². The molecule has 0 atom stereocenters. The van der Waals surface area contributed by atoms with Crippen LogP contribution in [-0.4, -0.2) is 56.1 Å². The Balaban J connectivity index is 0.00000200. The van der Waals surface area contributed by atoms with Crippen LogP contribution in [0.2, 0.25) is 0 Å². The van der Waals surface area contributed by atoms with Crippen LogP contribution in [0.4, 0.5) is 10.5 Å². The molecule has 0 aromatic heterocycles. The lowest BCUT2D eigenvalue weighted by atomic mass is 10.3. The van der Waals surface area contributed by atoms with Gasteiger partial charge in [0, 0.05) is 29.8 Å². The third kappa shape index (κ3) is 4.36. The zero-order valence-corrected chi connectivity index (χ0v) is 14.3. The van der Waals surface area contributed by atoms with E-state index in [1.165, 1.54) is 0 Å². The minimum absolute atomic E-state index is 0. The number of amides is 2. The van der Waals surface area contributed by atoms with Gasteiger partial charge in [-0.3, -0.25) is 4.90 Å². The molecule has 0 unspecified atom stereocenters. The highest BCUT2D eigenvalue weighted by molar-refractivity contribution is 9.10. The van der Waals surface area contributed by atoms with E-state index in [0.717, 1.165) is 42.8 Å². The number of anilines is 1.